The van der Waals surface area contributed by atoms with Gasteiger partial charge in [-0.25, -0.2) is 4.98 Å². The van der Waals surface area contributed by atoms with Crippen LogP contribution >= 0.6 is 0 Å². The first-order chi connectivity index (χ1) is 14.1. The molecule has 3 aromatic heterocycles. The molecule has 4 heterocycles. The van der Waals surface area contributed by atoms with Crippen molar-refractivity contribution in [2.45, 2.75) is 33.6 Å². The molecular weight excluding hydrogens is 366 g/mol. The molecule has 0 aromatic carbocycles. The Morgan fingerprint density at radius 2 is 1.90 bits per heavy atom. The summed E-state index contributed by atoms with van der Waals surface area (Å²) >= 11 is 0. The molecule has 1 N–H and O–H groups in total. The molecular formula is C21H29N7O. The Hall–Kier alpha value is -2.74. The first kappa shape index (κ1) is 19.6. The van der Waals surface area contributed by atoms with Crippen molar-refractivity contribution in [3.63, 3.8) is 0 Å². The fourth-order valence-corrected chi connectivity index (χ4v) is 4.12. The number of carbonyl (C=O) groups is 1. The predicted molar refractivity (Wildman–Crippen MR) is 115 cm³/mol. The average molecular weight is 396 g/mol. The fourth-order valence-electron chi connectivity index (χ4n) is 4.12. The Morgan fingerprint density at radius 3 is 2.55 bits per heavy atom. The van der Waals surface area contributed by atoms with Gasteiger partial charge in [-0.2, -0.15) is 0 Å². The Balaban J connectivity index is 2.11. The number of aromatic nitrogens is 4. The van der Waals surface area contributed by atoms with Crippen LogP contribution in [0.4, 0.5) is 5.69 Å². The van der Waals surface area contributed by atoms with Crippen molar-refractivity contribution in [2.24, 2.45) is 0 Å². The normalized spacial score (nSPS) is 14.9. The molecule has 8 nitrogen and oxygen atoms in total. The van der Waals surface area contributed by atoms with E-state index in [1.807, 2.05) is 29.2 Å². The molecule has 8 heteroatoms. The van der Waals surface area contributed by atoms with Gasteiger partial charge in [-0.1, -0.05) is 13.8 Å². The maximum absolute atomic E-state index is 13.7. The van der Waals surface area contributed by atoms with E-state index < -0.39 is 0 Å². The van der Waals surface area contributed by atoms with Crippen molar-refractivity contribution >= 4 is 28.3 Å². The van der Waals surface area contributed by atoms with E-state index in [4.69, 9.17) is 0 Å². The zero-order valence-electron chi connectivity index (χ0n) is 17.6. The highest BCUT2D eigenvalue weighted by atomic mass is 16.2. The quantitative estimate of drug-likeness (QED) is 0.714. The van der Waals surface area contributed by atoms with Gasteiger partial charge in [-0.05, 0) is 26.0 Å². The molecule has 0 radical (unpaired) electrons. The number of anilines is 1. The van der Waals surface area contributed by atoms with E-state index in [-0.39, 0.29) is 11.8 Å². The lowest BCUT2D eigenvalue weighted by Crippen LogP contribution is -2.45. The van der Waals surface area contributed by atoms with Crippen LogP contribution in [0.15, 0.2) is 18.3 Å². The van der Waals surface area contributed by atoms with E-state index >= 15 is 0 Å². The lowest BCUT2D eigenvalue weighted by Gasteiger charge is -2.33. The molecule has 1 aliphatic heterocycles. The molecule has 0 saturated carbocycles. The van der Waals surface area contributed by atoms with Gasteiger partial charge < -0.3 is 15.1 Å². The largest absolute Gasteiger partial charge is 0.368 e. The first-order valence-electron chi connectivity index (χ1n) is 10.5. The lowest BCUT2D eigenvalue weighted by molar-refractivity contribution is 0.0775. The summed E-state index contributed by atoms with van der Waals surface area (Å²) in [5, 5.41) is 13.3. The van der Waals surface area contributed by atoms with Crippen molar-refractivity contribution in [1.82, 2.24) is 29.8 Å². The number of fused-ring (bicyclic) bond motifs is 3. The number of hydrogen-bond donors (Lipinski definition) is 1. The highest BCUT2D eigenvalue weighted by molar-refractivity contribution is 6.12. The fraction of sp³-hybridized carbons (Fsp3) is 0.524. The maximum Gasteiger partial charge on any atom is 0.259 e. The van der Waals surface area contributed by atoms with Crippen LogP contribution in [0, 0.1) is 0 Å². The molecule has 3 aromatic rings. The summed E-state index contributed by atoms with van der Waals surface area (Å²) in [5.41, 5.74) is 2.98. The van der Waals surface area contributed by atoms with E-state index in [0.717, 1.165) is 48.7 Å². The second-order valence-electron chi connectivity index (χ2n) is 7.68. The third-order valence-electron chi connectivity index (χ3n) is 5.62. The number of pyridine rings is 2. The Labute approximate surface area is 170 Å². The molecule has 1 saturated heterocycles. The zero-order chi connectivity index (χ0) is 20.5. The van der Waals surface area contributed by atoms with Crippen molar-refractivity contribution in [3.8, 4) is 0 Å². The van der Waals surface area contributed by atoms with Gasteiger partial charge in [0, 0.05) is 56.8 Å². The monoisotopic (exact) mass is 395 g/mol. The second-order valence-corrected chi connectivity index (χ2v) is 7.68. The minimum atomic E-state index is 0.00184. The number of nitrogens with zero attached hydrogens (tertiary/aromatic N) is 6. The van der Waals surface area contributed by atoms with E-state index in [1.165, 1.54) is 0 Å². The lowest BCUT2D eigenvalue weighted by atomic mass is 10.1. The van der Waals surface area contributed by atoms with E-state index in [1.54, 1.807) is 6.20 Å². The minimum Gasteiger partial charge on any atom is -0.368 e. The molecule has 0 bridgehead atoms. The average Bonchev–Trinajstić information content (AvgIpc) is 3.19. The van der Waals surface area contributed by atoms with Gasteiger partial charge in [-0.15, -0.1) is 10.2 Å². The van der Waals surface area contributed by atoms with Crippen LogP contribution in [0.3, 0.4) is 0 Å². The molecule has 0 unspecified atom stereocenters. The summed E-state index contributed by atoms with van der Waals surface area (Å²) < 4.78 is 1.97. The van der Waals surface area contributed by atoms with Crippen molar-refractivity contribution in [2.75, 3.05) is 44.2 Å². The van der Waals surface area contributed by atoms with Gasteiger partial charge in [0.05, 0.1) is 5.69 Å². The van der Waals surface area contributed by atoms with Crippen LogP contribution in [0.5, 0.6) is 0 Å². The second kappa shape index (κ2) is 7.94. The summed E-state index contributed by atoms with van der Waals surface area (Å²) in [6, 6.07) is 3.99. The van der Waals surface area contributed by atoms with E-state index in [0.29, 0.717) is 24.3 Å². The Morgan fingerprint density at radius 1 is 1.17 bits per heavy atom. The van der Waals surface area contributed by atoms with Crippen LogP contribution in [-0.2, 0) is 0 Å². The molecule has 1 aliphatic rings. The maximum atomic E-state index is 13.7. The Kier molecular flexibility index (Phi) is 5.36. The summed E-state index contributed by atoms with van der Waals surface area (Å²) in [6.07, 6.45) is 1.79. The van der Waals surface area contributed by atoms with Crippen LogP contribution in [-0.4, -0.2) is 69.7 Å². The van der Waals surface area contributed by atoms with Crippen LogP contribution in [0.2, 0.25) is 0 Å². The zero-order valence-corrected chi connectivity index (χ0v) is 17.6. The summed E-state index contributed by atoms with van der Waals surface area (Å²) in [5.74, 6) is 0.989. The van der Waals surface area contributed by atoms with Gasteiger partial charge in [0.2, 0.25) is 0 Å². The van der Waals surface area contributed by atoms with E-state index in [9.17, 15) is 4.79 Å². The van der Waals surface area contributed by atoms with Crippen LogP contribution in [0.25, 0.3) is 16.7 Å². The van der Waals surface area contributed by atoms with Gasteiger partial charge in [0.1, 0.15) is 17.0 Å². The topological polar surface area (TPSA) is 78.7 Å². The van der Waals surface area contributed by atoms with E-state index in [2.05, 4.69) is 45.3 Å². The molecule has 0 atom stereocenters. The third-order valence-corrected chi connectivity index (χ3v) is 5.62. The van der Waals surface area contributed by atoms with Crippen LogP contribution in [0.1, 0.15) is 49.8 Å². The smallest absolute Gasteiger partial charge is 0.259 e. The number of amides is 1. The van der Waals surface area contributed by atoms with Gasteiger partial charge in [0.25, 0.3) is 5.91 Å². The number of piperazine rings is 1. The summed E-state index contributed by atoms with van der Waals surface area (Å²) in [4.78, 5) is 22.5. The Bertz CT molecular complexity index is 1030. The predicted octanol–water partition coefficient (Wildman–Crippen LogP) is 2.29. The van der Waals surface area contributed by atoms with Gasteiger partial charge in [-0.3, -0.25) is 9.20 Å². The summed E-state index contributed by atoms with van der Waals surface area (Å²) in [6.45, 7) is 12.9. The molecule has 0 spiro atoms. The molecule has 0 aliphatic carbocycles. The highest BCUT2D eigenvalue weighted by Gasteiger charge is 2.30. The highest BCUT2D eigenvalue weighted by Crippen LogP contribution is 2.35. The third kappa shape index (κ3) is 3.21. The molecule has 1 amide bonds. The standard InChI is InChI=1S/C21H29N7O/c1-5-26(6-2)21(29)16-17(27-12-10-22-11-13-27)15-8-7-9-23-19(15)28-18(14(3)4)24-25-20(16)28/h7-9,14,22H,5-6,10-13H2,1-4H3. The van der Waals surface area contributed by atoms with Crippen molar-refractivity contribution < 1.29 is 4.79 Å². The number of carbonyl (C=O) groups excluding carboxylic acids is 1. The van der Waals surface area contributed by atoms with Crippen molar-refractivity contribution in [1.29, 1.82) is 0 Å². The number of hydrogen-bond acceptors (Lipinski definition) is 6. The minimum absolute atomic E-state index is 0.00184. The van der Waals surface area contributed by atoms with Crippen LogP contribution < -0.4 is 10.2 Å². The number of nitrogens with one attached hydrogen (secondary N) is 1. The van der Waals surface area contributed by atoms with Crippen molar-refractivity contribution in [3.05, 3.63) is 29.7 Å². The van der Waals surface area contributed by atoms with Gasteiger partial charge >= 0.3 is 0 Å². The SMILES string of the molecule is CCN(CC)C(=O)c1c(N2CCNCC2)c2cccnc2n2c(C(C)C)nnc12. The van der Waals surface area contributed by atoms with Gasteiger partial charge in [0.15, 0.2) is 5.65 Å². The molecule has 1 fully saturated rings. The summed E-state index contributed by atoms with van der Waals surface area (Å²) in [7, 11) is 0. The molecule has 29 heavy (non-hydrogen) atoms. The molecule has 4 rings (SSSR count). The molecule has 154 valence electrons. The number of rotatable bonds is 5. The first-order valence-corrected chi connectivity index (χ1v) is 10.5.